The molecule has 0 amide bonds. The van der Waals surface area contributed by atoms with Gasteiger partial charge in [0.05, 0.1) is 11.0 Å². The number of sulfone groups is 1. The van der Waals surface area contributed by atoms with Gasteiger partial charge in [-0.25, -0.2) is 8.42 Å². The minimum absolute atomic E-state index is 0.0476. The van der Waals surface area contributed by atoms with E-state index < -0.39 is 15.1 Å². The average molecular weight is 227 g/mol. The van der Waals surface area contributed by atoms with E-state index in [4.69, 9.17) is 0 Å². The van der Waals surface area contributed by atoms with E-state index in [1.54, 1.807) is 32.0 Å². The van der Waals surface area contributed by atoms with Crippen LogP contribution in [0.5, 0.6) is 0 Å². The molecule has 1 aromatic carbocycles. The van der Waals surface area contributed by atoms with Crippen molar-refractivity contribution in [2.45, 2.75) is 24.9 Å². The van der Waals surface area contributed by atoms with Crippen LogP contribution in [0.4, 0.5) is 5.69 Å². The highest BCUT2D eigenvalue weighted by Crippen LogP contribution is 2.17. The first-order valence-electron chi connectivity index (χ1n) is 4.59. The molecule has 0 aliphatic rings. The fourth-order valence-corrected chi connectivity index (χ4v) is 2.08. The van der Waals surface area contributed by atoms with E-state index in [0.29, 0.717) is 5.56 Å². The molecule has 4 nitrogen and oxygen atoms in total. The van der Waals surface area contributed by atoms with Crippen molar-refractivity contribution in [3.63, 3.8) is 0 Å². The van der Waals surface area contributed by atoms with Crippen LogP contribution < -0.4 is 0 Å². The quantitative estimate of drug-likeness (QED) is 0.742. The Hall–Kier alpha value is -1.23. The van der Waals surface area contributed by atoms with Crippen LogP contribution in [0.3, 0.4) is 0 Å². The van der Waals surface area contributed by atoms with E-state index in [-0.39, 0.29) is 11.4 Å². The third-order valence-corrected chi connectivity index (χ3v) is 4.27. The first-order valence-corrected chi connectivity index (χ1v) is 6.31. The number of nitrogens with zero attached hydrogens (tertiary/aromatic N) is 1. The monoisotopic (exact) mass is 227 g/mol. The van der Waals surface area contributed by atoms with E-state index >= 15 is 0 Å². The molecular weight excluding hydrogens is 214 g/mol. The van der Waals surface area contributed by atoms with Gasteiger partial charge in [0.25, 0.3) is 0 Å². The molecule has 0 saturated heterocycles. The molecule has 1 rings (SSSR count). The van der Waals surface area contributed by atoms with Crippen LogP contribution >= 0.6 is 0 Å². The van der Waals surface area contributed by atoms with Gasteiger partial charge in [-0.3, -0.25) is 0 Å². The van der Waals surface area contributed by atoms with Crippen LogP contribution in [-0.4, -0.2) is 13.7 Å². The van der Waals surface area contributed by atoms with Gasteiger partial charge in [-0.15, -0.1) is 4.91 Å². The molecule has 0 aromatic heterocycles. The Kier molecular flexibility index (Phi) is 3.57. The molecule has 0 fully saturated rings. The fourth-order valence-electron chi connectivity index (χ4n) is 1.10. The number of rotatable bonds is 4. The highest BCUT2D eigenvalue weighted by molar-refractivity contribution is 7.91. The highest BCUT2D eigenvalue weighted by Gasteiger charge is 2.16. The lowest BCUT2D eigenvalue weighted by atomic mass is 10.2. The predicted molar refractivity (Wildman–Crippen MR) is 59.7 cm³/mol. The van der Waals surface area contributed by atoms with Gasteiger partial charge in [0.15, 0.2) is 9.84 Å². The second kappa shape index (κ2) is 4.53. The molecule has 1 aromatic rings. The standard InChI is InChI=1S/C10H13NO3S/c1-8(2)15(13,14)7-9-4-3-5-10(6-9)11-12/h3-6,8H,7H2,1-2H3. The van der Waals surface area contributed by atoms with E-state index in [1.807, 2.05) is 0 Å². The Balaban J connectivity index is 2.95. The Morgan fingerprint density at radius 1 is 1.33 bits per heavy atom. The summed E-state index contributed by atoms with van der Waals surface area (Å²) in [6, 6.07) is 6.34. The van der Waals surface area contributed by atoms with Gasteiger partial charge in [0.2, 0.25) is 0 Å². The largest absolute Gasteiger partial charge is 0.228 e. The molecule has 0 aliphatic heterocycles. The smallest absolute Gasteiger partial charge is 0.156 e. The molecule has 0 unspecified atom stereocenters. The fraction of sp³-hybridized carbons (Fsp3) is 0.400. The van der Waals surface area contributed by atoms with Gasteiger partial charge in [-0.05, 0) is 36.7 Å². The average Bonchev–Trinajstić information content (AvgIpc) is 2.17. The second-order valence-electron chi connectivity index (χ2n) is 3.62. The minimum atomic E-state index is -3.12. The van der Waals surface area contributed by atoms with Gasteiger partial charge in [0, 0.05) is 0 Å². The topological polar surface area (TPSA) is 63.6 Å². The zero-order valence-electron chi connectivity index (χ0n) is 8.67. The molecule has 5 heteroatoms. The Morgan fingerprint density at radius 3 is 2.53 bits per heavy atom. The summed E-state index contributed by atoms with van der Waals surface area (Å²) in [5.41, 5.74) is 0.854. The molecule has 0 spiro atoms. The van der Waals surface area contributed by atoms with Gasteiger partial charge in [-0.1, -0.05) is 12.1 Å². The lowest BCUT2D eigenvalue weighted by molar-refractivity contribution is 0.586. The maximum atomic E-state index is 11.6. The molecule has 82 valence electrons. The molecule has 0 radical (unpaired) electrons. The van der Waals surface area contributed by atoms with Crippen molar-refractivity contribution >= 4 is 15.5 Å². The SMILES string of the molecule is CC(C)S(=O)(=O)Cc1cccc(N=O)c1. The number of hydrogen-bond donors (Lipinski definition) is 0. The molecule has 0 atom stereocenters. The summed E-state index contributed by atoms with van der Waals surface area (Å²) in [7, 11) is -3.12. The van der Waals surface area contributed by atoms with Crippen molar-refractivity contribution in [1.29, 1.82) is 0 Å². The van der Waals surface area contributed by atoms with E-state index in [2.05, 4.69) is 5.18 Å². The maximum absolute atomic E-state index is 11.6. The van der Waals surface area contributed by atoms with Gasteiger partial charge in [0.1, 0.15) is 5.69 Å². The van der Waals surface area contributed by atoms with Crippen molar-refractivity contribution < 1.29 is 8.42 Å². The summed E-state index contributed by atoms with van der Waals surface area (Å²) in [5, 5.41) is 2.35. The molecular formula is C10H13NO3S. The summed E-state index contributed by atoms with van der Waals surface area (Å²) in [6.45, 7) is 3.27. The van der Waals surface area contributed by atoms with Crippen LogP contribution in [-0.2, 0) is 15.6 Å². The first-order chi connectivity index (χ1) is 6.95. The summed E-state index contributed by atoms with van der Waals surface area (Å²) in [5.74, 6) is -0.0476. The predicted octanol–water partition coefficient (Wildman–Crippen LogP) is 2.41. The van der Waals surface area contributed by atoms with Crippen molar-refractivity contribution in [3.8, 4) is 0 Å². The van der Waals surface area contributed by atoms with E-state index in [9.17, 15) is 13.3 Å². The number of benzene rings is 1. The van der Waals surface area contributed by atoms with Crippen LogP contribution in [0.1, 0.15) is 19.4 Å². The molecule has 0 aliphatic carbocycles. The third kappa shape index (κ3) is 3.13. The van der Waals surface area contributed by atoms with Gasteiger partial charge < -0.3 is 0 Å². The van der Waals surface area contributed by atoms with E-state index in [0.717, 1.165) is 0 Å². The van der Waals surface area contributed by atoms with E-state index in [1.165, 1.54) is 6.07 Å². The van der Waals surface area contributed by atoms with Crippen LogP contribution in [0.25, 0.3) is 0 Å². The van der Waals surface area contributed by atoms with Crippen molar-refractivity contribution in [1.82, 2.24) is 0 Å². The molecule has 0 bridgehead atoms. The second-order valence-corrected chi connectivity index (χ2v) is 6.17. The Labute approximate surface area is 89.2 Å². The zero-order chi connectivity index (χ0) is 11.5. The van der Waals surface area contributed by atoms with Crippen molar-refractivity contribution in [2.24, 2.45) is 5.18 Å². The maximum Gasteiger partial charge on any atom is 0.156 e. The van der Waals surface area contributed by atoms with Crippen molar-refractivity contribution in [3.05, 3.63) is 34.7 Å². The molecule has 15 heavy (non-hydrogen) atoms. The lowest BCUT2D eigenvalue weighted by Crippen LogP contribution is -2.15. The van der Waals surface area contributed by atoms with Gasteiger partial charge >= 0.3 is 0 Å². The minimum Gasteiger partial charge on any atom is -0.228 e. The Morgan fingerprint density at radius 2 is 2.00 bits per heavy atom. The summed E-state index contributed by atoms with van der Waals surface area (Å²) < 4.78 is 23.2. The normalized spacial score (nSPS) is 11.7. The van der Waals surface area contributed by atoms with Gasteiger partial charge in [-0.2, -0.15) is 0 Å². The molecule has 0 saturated carbocycles. The van der Waals surface area contributed by atoms with Crippen molar-refractivity contribution in [2.75, 3.05) is 0 Å². The van der Waals surface area contributed by atoms with Crippen LogP contribution in [0.15, 0.2) is 29.4 Å². The highest BCUT2D eigenvalue weighted by atomic mass is 32.2. The number of hydrogen-bond acceptors (Lipinski definition) is 4. The summed E-state index contributed by atoms with van der Waals surface area (Å²) >= 11 is 0. The number of nitroso groups, excluding NO2 is 1. The van der Waals surface area contributed by atoms with Crippen LogP contribution in [0.2, 0.25) is 0 Å². The van der Waals surface area contributed by atoms with Crippen LogP contribution in [0, 0.1) is 4.91 Å². The molecule has 0 N–H and O–H groups in total. The Bertz CT molecular complexity index is 451. The lowest BCUT2D eigenvalue weighted by Gasteiger charge is -2.07. The zero-order valence-corrected chi connectivity index (χ0v) is 9.49. The molecule has 0 heterocycles. The third-order valence-electron chi connectivity index (χ3n) is 2.10. The first kappa shape index (κ1) is 11.8. The summed E-state index contributed by atoms with van der Waals surface area (Å²) in [6.07, 6.45) is 0. The summed E-state index contributed by atoms with van der Waals surface area (Å²) in [4.78, 5) is 10.3.